The summed E-state index contributed by atoms with van der Waals surface area (Å²) in [6.07, 6.45) is 0. The van der Waals surface area contributed by atoms with Crippen LogP contribution in [0.25, 0.3) is 0 Å². The second-order valence-electron chi connectivity index (χ2n) is 3.92. The third kappa shape index (κ3) is 2.52. The van der Waals surface area contributed by atoms with Crippen LogP contribution in [0, 0.1) is 6.92 Å². The van der Waals surface area contributed by atoms with Gasteiger partial charge >= 0.3 is 0 Å². The van der Waals surface area contributed by atoms with Crippen molar-refractivity contribution in [3.63, 3.8) is 0 Å². The SMILES string of the molecule is CCOc1ccccc1C(NC)c1snnc1C. The van der Waals surface area contributed by atoms with Crippen LogP contribution in [0.3, 0.4) is 0 Å². The normalized spacial score (nSPS) is 12.4. The number of para-hydroxylation sites is 1. The molecule has 1 atom stereocenters. The molecule has 1 unspecified atom stereocenters. The molecule has 1 heterocycles. The highest BCUT2D eigenvalue weighted by Gasteiger charge is 2.20. The van der Waals surface area contributed by atoms with Gasteiger partial charge in [0.2, 0.25) is 0 Å². The summed E-state index contributed by atoms with van der Waals surface area (Å²) in [5.41, 5.74) is 2.08. The minimum atomic E-state index is 0.0766. The topological polar surface area (TPSA) is 47.0 Å². The zero-order valence-corrected chi connectivity index (χ0v) is 11.6. The highest BCUT2D eigenvalue weighted by molar-refractivity contribution is 7.05. The Hall–Kier alpha value is -1.46. The van der Waals surface area contributed by atoms with Crippen molar-refractivity contribution in [2.75, 3.05) is 13.7 Å². The maximum absolute atomic E-state index is 5.68. The fourth-order valence-corrected chi connectivity index (χ4v) is 2.71. The number of nitrogens with one attached hydrogen (secondary N) is 1. The number of hydrogen-bond acceptors (Lipinski definition) is 5. The first-order valence-electron chi connectivity index (χ1n) is 5.95. The molecule has 0 aliphatic heterocycles. The van der Waals surface area contributed by atoms with E-state index in [1.54, 1.807) is 0 Å². The third-order valence-electron chi connectivity index (χ3n) is 2.77. The van der Waals surface area contributed by atoms with E-state index in [2.05, 4.69) is 21.0 Å². The smallest absolute Gasteiger partial charge is 0.124 e. The molecule has 0 bridgehead atoms. The molecule has 5 heteroatoms. The molecule has 2 rings (SSSR count). The van der Waals surface area contributed by atoms with Crippen LogP contribution in [-0.4, -0.2) is 23.2 Å². The molecule has 0 fully saturated rings. The van der Waals surface area contributed by atoms with Gasteiger partial charge in [-0.15, -0.1) is 5.10 Å². The summed E-state index contributed by atoms with van der Waals surface area (Å²) in [5.74, 6) is 0.909. The number of hydrogen-bond donors (Lipinski definition) is 1. The van der Waals surface area contributed by atoms with Crippen molar-refractivity contribution in [1.29, 1.82) is 0 Å². The number of nitrogens with zero attached hydrogens (tertiary/aromatic N) is 2. The van der Waals surface area contributed by atoms with Gasteiger partial charge in [-0.05, 0) is 38.5 Å². The van der Waals surface area contributed by atoms with E-state index in [4.69, 9.17) is 4.74 Å². The second kappa shape index (κ2) is 5.93. The molecular weight excluding hydrogens is 246 g/mol. The van der Waals surface area contributed by atoms with Gasteiger partial charge in [0.1, 0.15) is 5.75 Å². The van der Waals surface area contributed by atoms with Crippen LogP contribution in [0.15, 0.2) is 24.3 Å². The van der Waals surface area contributed by atoms with Gasteiger partial charge < -0.3 is 10.1 Å². The zero-order valence-electron chi connectivity index (χ0n) is 10.8. The van der Waals surface area contributed by atoms with Crippen LogP contribution >= 0.6 is 11.5 Å². The predicted molar refractivity (Wildman–Crippen MR) is 73.2 cm³/mol. The van der Waals surface area contributed by atoms with Gasteiger partial charge in [-0.1, -0.05) is 22.7 Å². The minimum Gasteiger partial charge on any atom is -0.494 e. The van der Waals surface area contributed by atoms with Gasteiger partial charge in [-0.3, -0.25) is 0 Å². The largest absolute Gasteiger partial charge is 0.494 e. The fraction of sp³-hybridized carbons (Fsp3) is 0.385. The number of aromatic nitrogens is 2. The first kappa shape index (κ1) is 13.0. The van der Waals surface area contributed by atoms with Crippen molar-refractivity contribution in [2.45, 2.75) is 19.9 Å². The van der Waals surface area contributed by atoms with Crippen LogP contribution in [0.4, 0.5) is 0 Å². The molecule has 0 radical (unpaired) electrons. The summed E-state index contributed by atoms with van der Waals surface area (Å²) in [6, 6.07) is 8.15. The Morgan fingerprint density at radius 3 is 2.78 bits per heavy atom. The highest BCUT2D eigenvalue weighted by Crippen LogP contribution is 2.32. The Labute approximate surface area is 111 Å². The Morgan fingerprint density at radius 2 is 2.17 bits per heavy atom. The average Bonchev–Trinajstić information content (AvgIpc) is 2.79. The summed E-state index contributed by atoms with van der Waals surface area (Å²) in [4.78, 5) is 1.13. The van der Waals surface area contributed by atoms with Crippen LogP contribution in [0.1, 0.15) is 29.1 Å². The van der Waals surface area contributed by atoms with Gasteiger partial charge in [-0.2, -0.15) is 0 Å². The fourth-order valence-electron chi connectivity index (χ4n) is 1.94. The molecule has 96 valence electrons. The second-order valence-corrected chi connectivity index (χ2v) is 4.70. The predicted octanol–water partition coefficient (Wildman–Crippen LogP) is 2.55. The van der Waals surface area contributed by atoms with Crippen molar-refractivity contribution in [2.24, 2.45) is 0 Å². The Morgan fingerprint density at radius 1 is 1.39 bits per heavy atom. The lowest BCUT2D eigenvalue weighted by molar-refractivity contribution is 0.334. The van der Waals surface area contributed by atoms with E-state index in [0.717, 1.165) is 21.9 Å². The van der Waals surface area contributed by atoms with Crippen LogP contribution in [-0.2, 0) is 0 Å². The van der Waals surface area contributed by atoms with Gasteiger partial charge in [0.05, 0.1) is 23.2 Å². The summed E-state index contributed by atoms with van der Waals surface area (Å²) in [7, 11) is 1.94. The molecular formula is C13H17N3OS. The molecule has 0 saturated heterocycles. The molecule has 0 aliphatic carbocycles. The summed E-state index contributed by atoms with van der Waals surface area (Å²) >= 11 is 1.42. The third-order valence-corrected chi connectivity index (χ3v) is 3.66. The minimum absolute atomic E-state index is 0.0766. The Kier molecular flexibility index (Phi) is 4.28. The standard InChI is InChI=1S/C13H17N3OS/c1-4-17-11-8-6-5-7-10(11)12(14-3)13-9(2)15-16-18-13/h5-8,12,14H,4H2,1-3H3. The van der Waals surface area contributed by atoms with E-state index in [1.807, 2.05) is 39.1 Å². The zero-order chi connectivity index (χ0) is 13.0. The number of rotatable bonds is 5. The molecule has 1 N–H and O–H groups in total. The van der Waals surface area contributed by atoms with Crippen LogP contribution in [0.5, 0.6) is 5.75 Å². The molecule has 1 aromatic carbocycles. The van der Waals surface area contributed by atoms with E-state index in [1.165, 1.54) is 11.5 Å². The molecule has 0 amide bonds. The Balaban J connectivity index is 2.42. The monoisotopic (exact) mass is 263 g/mol. The lowest BCUT2D eigenvalue weighted by atomic mass is 10.0. The van der Waals surface area contributed by atoms with Gasteiger partial charge in [0.15, 0.2) is 0 Å². The van der Waals surface area contributed by atoms with E-state index in [0.29, 0.717) is 6.61 Å². The van der Waals surface area contributed by atoms with E-state index >= 15 is 0 Å². The highest BCUT2D eigenvalue weighted by atomic mass is 32.1. The van der Waals surface area contributed by atoms with E-state index in [9.17, 15) is 0 Å². The van der Waals surface area contributed by atoms with Crippen molar-refractivity contribution in [3.05, 3.63) is 40.4 Å². The van der Waals surface area contributed by atoms with Gasteiger partial charge in [0, 0.05) is 5.56 Å². The van der Waals surface area contributed by atoms with Gasteiger partial charge in [0.25, 0.3) is 0 Å². The van der Waals surface area contributed by atoms with E-state index in [-0.39, 0.29) is 6.04 Å². The molecule has 1 aromatic heterocycles. The maximum atomic E-state index is 5.68. The van der Waals surface area contributed by atoms with Gasteiger partial charge in [-0.25, -0.2) is 0 Å². The molecule has 4 nitrogen and oxygen atoms in total. The summed E-state index contributed by atoms with van der Waals surface area (Å²) < 4.78 is 9.68. The average molecular weight is 263 g/mol. The summed E-state index contributed by atoms with van der Waals surface area (Å²) in [6.45, 7) is 4.63. The molecule has 0 saturated carbocycles. The van der Waals surface area contributed by atoms with E-state index < -0.39 is 0 Å². The van der Waals surface area contributed by atoms with Crippen molar-refractivity contribution >= 4 is 11.5 Å². The van der Waals surface area contributed by atoms with Crippen LogP contribution < -0.4 is 10.1 Å². The Bertz CT molecular complexity index is 512. The lowest BCUT2D eigenvalue weighted by Crippen LogP contribution is -2.18. The number of ether oxygens (including phenoxy) is 1. The maximum Gasteiger partial charge on any atom is 0.124 e. The lowest BCUT2D eigenvalue weighted by Gasteiger charge is -2.18. The van der Waals surface area contributed by atoms with Crippen molar-refractivity contribution < 1.29 is 4.74 Å². The first-order chi connectivity index (χ1) is 8.77. The molecule has 0 aliphatic rings. The molecule has 2 aromatic rings. The van der Waals surface area contributed by atoms with Crippen molar-refractivity contribution in [1.82, 2.24) is 14.9 Å². The van der Waals surface area contributed by atoms with Crippen molar-refractivity contribution in [3.8, 4) is 5.75 Å². The van der Waals surface area contributed by atoms with Crippen LogP contribution in [0.2, 0.25) is 0 Å². The number of aryl methyl sites for hydroxylation is 1. The first-order valence-corrected chi connectivity index (χ1v) is 6.73. The molecule has 18 heavy (non-hydrogen) atoms. The quantitative estimate of drug-likeness (QED) is 0.900. The molecule has 0 spiro atoms. The summed E-state index contributed by atoms with van der Waals surface area (Å²) in [5, 5.41) is 7.39. The number of benzene rings is 1.